The maximum atomic E-state index is 11.7. The molecule has 2 aliphatic rings. The molecule has 0 aromatic carbocycles. The van der Waals surface area contributed by atoms with E-state index in [-0.39, 0.29) is 5.41 Å². The summed E-state index contributed by atoms with van der Waals surface area (Å²) < 4.78 is 56.7. The first-order valence-corrected chi connectivity index (χ1v) is 10.1. The Labute approximate surface area is 155 Å². The van der Waals surface area contributed by atoms with Gasteiger partial charge in [0.15, 0.2) is 0 Å². The standard InChI is InChI=1S/C13H20N4O2S.C2HF3O2/c1-20(18,19)17-9-5-13(11-17)4-2-8-16(10-13)12-14-6-3-7-15-12;3-2(4,5)1(6)7/h3,6-7H,2,4-5,8-11H2,1H3;(H,6,7). The lowest BCUT2D eigenvalue weighted by Crippen LogP contribution is -2.46. The van der Waals surface area contributed by atoms with Crippen molar-refractivity contribution in [1.82, 2.24) is 14.3 Å². The second-order valence-electron chi connectivity index (χ2n) is 6.72. The molecule has 8 nitrogen and oxygen atoms in total. The first-order valence-electron chi connectivity index (χ1n) is 8.20. The number of carboxylic acid groups (broad SMARTS) is 1. The Hall–Kier alpha value is -1.95. The lowest BCUT2D eigenvalue weighted by molar-refractivity contribution is -0.192. The van der Waals surface area contributed by atoms with Gasteiger partial charge in [0.1, 0.15) is 0 Å². The van der Waals surface area contributed by atoms with Crippen LogP contribution in [0.2, 0.25) is 0 Å². The third-order valence-corrected chi connectivity index (χ3v) is 5.86. The van der Waals surface area contributed by atoms with Crippen molar-refractivity contribution in [3.05, 3.63) is 18.5 Å². The van der Waals surface area contributed by atoms with Crippen LogP contribution in [0.5, 0.6) is 0 Å². The van der Waals surface area contributed by atoms with Crippen LogP contribution in [0.3, 0.4) is 0 Å². The summed E-state index contributed by atoms with van der Waals surface area (Å²) in [7, 11) is -3.08. The minimum absolute atomic E-state index is 0.0700. The zero-order valence-electron chi connectivity index (χ0n) is 14.7. The number of hydrogen-bond donors (Lipinski definition) is 1. The number of sulfonamides is 1. The topological polar surface area (TPSA) is 104 Å². The van der Waals surface area contributed by atoms with E-state index in [1.807, 2.05) is 6.07 Å². The molecule has 2 aliphatic heterocycles. The van der Waals surface area contributed by atoms with Gasteiger partial charge in [-0.3, -0.25) is 0 Å². The summed E-state index contributed by atoms with van der Waals surface area (Å²) in [6.07, 6.45) is 2.80. The number of piperidine rings is 1. The summed E-state index contributed by atoms with van der Waals surface area (Å²) in [5.74, 6) is -2.00. The van der Waals surface area contributed by atoms with Gasteiger partial charge in [0.2, 0.25) is 16.0 Å². The molecule has 12 heteroatoms. The van der Waals surface area contributed by atoms with Gasteiger partial charge in [0.25, 0.3) is 0 Å². The molecule has 1 N–H and O–H groups in total. The van der Waals surface area contributed by atoms with Gasteiger partial charge in [0, 0.05) is 44.0 Å². The predicted octanol–water partition coefficient (Wildman–Crippen LogP) is 1.36. The number of alkyl halides is 3. The minimum atomic E-state index is -5.08. The molecular formula is C15H21F3N4O4S. The van der Waals surface area contributed by atoms with Crippen LogP contribution in [0.4, 0.5) is 19.1 Å². The van der Waals surface area contributed by atoms with E-state index in [9.17, 15) is 21.6 Å². The quantitative estimate of drug-likeness (QED) is 0.785. The van der Waals surface area contributed by atoms with E-state index in [0.29, 0.717) is 13.1 Å². The summed E-state index contributed by atoms with van der Waals surface area (Å²) in [6, 6.07) is 1.81. The summed E-state index contributed by atoms with van der Waals surface area (Å²) in [4.78, 5) is 19.7. The number of nitrogens with zero attached hydrogens (tertiary/aromatic N) is 4. The first kappa shape index (κ1) is 21.4. The van der Waals surface area contributed by atoms with Crippen molar-refractivity contribution >= 4 is 21.9 Å². The van der Waals surface area contributed by atoms with Crippen LogP contribution in [0.1, 0.15) is 19.3 Å². The van der Waals surface area contributed by atoms with Gasteiger partial charge in [-0.1, -0.05) is 0 Å². The maximum absolute atomic E-state index is 11.7. The highest BCUT2D eigenvalue weighted by Gasteiger charge is 2.44. The van der Waals surface area contributed by atoms with Gasteiger partial charge in [-0.15, -0.1) is 0 Å². The van der Waals surface area contributed by atoms with Gasteiger partial charge < -0.3 is 10.0 Å². The van der Waals surface area contributed by atoms with Crippen LogP contribution in [-0.2, 0) is 14.8 Å². The Morgan fingerprint density at radius 2 is 1.78 bits per heavy atom. The van der Waals surface area contributed by atoms with E-state index in [1.54, 1.807) is 16.7 Å². The second-order valence-corrected chi connectivity index (χ2v) is 8.71. The Kier molecular flexibility index (Phi) is 6.30. The van der Waals surface area contributed by atoms with E-state index in [0.717, 1.165) is 38.3 Å². The van der Waals surface area contributed by atoms with E-state index in [2.05, 4.69) is 14.9 Å². The number of halogens is 3. The van der Waals surface area contributed by atoms with Crippen molar-refractivity contribution in [2.45, 2.75) is 25.4 Å². The molecule has 1 aromatic rings. The molecule has 0 bridgehead atoms. The third-order valence-electron chi connectivity index (χ3n) is 4.61. The Morgan fingerprint density at radius 1 is 1.19 bits per heavy atom. The number of rotatable bonds is 2. The van der Waals surface area contributed by atoms with E-state index in [4.69, 9.17) is 9.90 Å². The van der Waals surface area contributed by atoms with Crippen LogP contribution >= 0.6 is 0 Å². The van der Waals surface area contributed by atoms with Gasteiger partial charge in [-0.2, -0.15) is 13.2 Å². The van der Waals surface area contributed by atoms with Gasteiger partial charge in [0.05, 0.1) is 6.26 Å². The summed E-state index contributed by atoms with van der Waals surface area (Å²) in [5, 5.41) is 7.12. The molecule has 0 saturated carbocycles. The fraction of sp³-hybridized carbons (Fsp3) is 0.667. The molecule has 0 radical (unpaired) electrons. The van der Waals surface area contributed by atoms with Gasteiger partial charge in [-0.05, 0) is 25.3 Å². The third kappa shape index (κ3) is 5.76. The lowest BCUT2D eigenvalue weighted by Gasteiger charge is -2.40. The molecular weight excluding hydrogens is 389 g/mol. The van der Waals surface area contributed by atoms with Crippen LogP contribution in [0, 0.1) is 5.41 Å². The Balaban J connectivity index is 0.000000321. The first-order chi connectivity index (χ1) is 12.4. The smallest absolute Gasteiger partial charge is 0.475 e. The molecule has 2 saturated heterocycles. The predicted molar refractivity (Wildman–Crippen MR) is 90.6 cm³/mol. The molecule has 27 heavy (non-hydrogen) atoms. The van der Waals surface area contributed by atoms with Crippen molar-refractivity contribution in [1.29, 1.82) is 0 Å². The zero-order valence-corrected chi connectivity index (χ0v) is 15.5. The molecule has 152 valence electrons. The molecule has 3 heterocycles. The molecule has 1 aromatic heterocycles. The van der Waals surface area contributed by atoms with Crippen LogP contribution in [0.15, 0.2) is 18.5 Å². The molecule has 0 aliphatic carbocycles. The molecule has 3 rings (SSSR count). The second kappa shape index (κ2) is 7.97. The van der Waals surface area contributed by atoms with Gasteiger partial charge in [-0.25, -0.2) is 27.5 Å². The monoisotopic (exact) mass is 410 g/mol. The largest absolute Gasteiger partial charge is 0.490 e. The van der Waals surface area contributed by atoms with Crippen LogP contribution < -0.4 is 4.90 Å². The average molecular weight is 410 g/mol. The number of aromatic nitrogens is 2. The SMILES string of the molecule is CS(=O)(=O)N1CCC2(CCCN(c3ncccn3)C2)C1.O=C(O)C(F)(F)F. The molecule has 2 fully saturated rings. The lowest BCUT2D eigenvalue weighted by atomic mass is 9.79. The minimum Gasteiger partial charge on any atom is -0.475 e. The Morgan fingerprint density at radius 3 is 2.26 bits per heavy atom. The van der Waals surface area contributed by atoms with Gasteiger partial charge >= 0.3 is 12.1 Å². The molecule has 1 atom stereocenters. The number of aliphatic carboxylic acids is 1. The van der Waals surface area contributed by atoms with E-state index < -0.39 is 22.2 Å². The van der Waals surface area contributed by atoms with Crippen molar-refractivity contribution in [3.63, 3.8) is 0 Å². The summed E-state index contributed by atoms with van der Waals surface area (Å²) in [6.45, 7) is 3.07. The molecule has 1 spiro atoms. The van der Waals surface area contributed by atoms with Crippen molar-refractivity contribution in [2.75, 3.05) is 37.3 Å². The van der Waals surface area contributed by atoms with E-state index in [1.165, 1.54) is 6.26 Å². The molecule has 0 amide bonds. The average Bonchev–Trinajstić information content (AvgIpc) is 2.99. The Bertz CT molecular complexity index is 760. The summed E-state index contributed by atoms with van der Waals surface area (Å²) in [5.41, 5.74) is 0.0700. The summed E-state index contributed by atoms with van der Waals surface area (Å²) >= 11 is 0. The zero-order chi connectivity index (χ0) is 20.3. The fourth-order valence-electron chi connectivity index (χ4n) is 3.34. The highest BCUT2D eigenvalue weighted by molar-refractivity contribution is 7.88. The van der Waals surface area contributed by atoms with Crippen molar-refractivity contribution < 1.29 is 31.5 Å². The van der Waals surface area contributed by atoms with Crippen LogP contribution in [-0.4, -0.2) is 72.4 Å². The van der Waals surface area contributed by atoms with Crippen LogP contribution in [0.25, 0.3) is 0 Å². The van der Waals surface area contributed by atoms with Crippen molar-refractivity contribution in [2.24, 2.45) is 5.41 Å². The maximum Gasteiger partial charge on any atom is 0.490 e. The number of carboxylic acids is 1. The van der Waals surface area contributed by atoms with E-state index >= 15 is 0 Å². The molecule has 1 unspecified atom stereocenters. The normalized spacial score (nSPS) is 23.8. The highest BCUT2D eigenvalue weighted by Crippen LogP contribution is 2.40. The number of anilines is 1. The number of carbonyl (C=O) groups is 1. The highest BCUT2D eigenvalue weighted by atomic mass is 32.2. The fourth-order valence-corrected chi connectivity index (χ4v) is 4.27. The number of hydrogen-bond acceptors (Lipinski definition) is 6. The van der Waals surface area contributed by atoms with Crippen molar-refractivity contribution in [3.8, 4) is 0 Å².